The first-order valence-corrected chi connectivity index (χ1v) is 15.4. The Kier molecular flexibility index (Phi) is 11.2. The number of unbranched alkanes of at least 4 members (excludes halogenated alkanes) is 1. The molecule has 0 unspecified atom stereocenters. The van der Waals surface area contributed by atoms with Gasteiger partial charge in [0, 0.05) is 32.7 Å². The number of fused-ring (bicyclic) bond motifs is 1. The number of hydrogen-bond acceptors (Lipinski definition) is 7. The molecule has 1 aromatic rings. The molecule has 3 heterocycles. The largest absolute Gasteiger partial charge is 0.463 e. The Bertz CT molecular complexity index is 1170. The number of likely N-dealkylation sites (tertiary alicyclic amines) is 1. The first-order chi connectivity index (χ1) is 20.8. The summed E-state index contributed by atoms with van der Waals surface area (Å²) in [6.45, 7) is 10.4. The average Bonchev–Trinajstić information content (AvgIpc) is 3.66. The lowest BCUT2D eigenvalue weighted by Gasteiger charge is -2.36. The van der Waals surface area contributed by atoms with Crippen LogP contribution in [-0.4, -0.2) is 89.2 Å². The highest BCUT2D eigenvalue weighted by Crippen LogP contribution is 2.58. The van der Waals surface area contributed by atoms with Crippen LogP contribution in [0.15, 0.2) is 55.6 Å². The van der Waals surface area contributed by atoms with E-state index in [1.54, 1.807) is 17.1 Å². The normalized spacial score (nSPS) is 26.1. The summed E-state index contributed by atoms with van der Waals surface area (Å²) in [6.07, 6.45) is 6.53. The summed E-state index contributed by atoms with van der Waals surface area (Å²) >= 11 is 0. The molecule has 2 N–H and O–H groups in total. The van der Waals surface area contributed by atoms with Crippen LogP contribution in [0.25, 0.3) is 0 Å². The fourth-order valence-electron chi connectivity index (χ4n) is 6.83. The summed E-state index contributed by atoms with van der Waals surface area (Å²) in [5.74, 6) is -2.90. The minimum absolute atomic E-state index is 0.0641. The Hall–Kier alpha value is -3.50. The zero-order valence-electron chi connectivity index (χ0n) is 25.1. The number of nitrogens with one attached hydrogen (secondary N) is 1. The van der Waals surface area contributed by atoms with Crippen LogP contribution < -0.4 is 5.32 Å². The summed E-state index contributed by atoms with van der Waals surface area (Å²) in [5, 5.41) is 12.6. The van der Waals surface area contributed by atoms with Gasteiger partial charge in [0.1, 0.15) is 18.2 Å². The van der Waals surface area contributed by atoms with Gasteiger partial charge in [-0.05, 0) is 37.7 Å². The van der Waals surface area contributed by atoms with Gasteiger partial charge in [-0.3, -0.25) is 19.2 Å². The van der Waals surface area contributed by atoms with Crippen molar-refractivity contribution in [2.24, 2.45) is 11.8 Å². The second kappa shape index (κ2) is 14.8. The smallest absolute Gasteiger partial charge is 0.306 e. The van der Waals surface area contributed by atoms with Crippen LogP contribution in [0.5, 0.6) is 0 Å². The van der Waals surface area contributed by atoms with Crippen LogP contribution in [0.1, 0.15) is 63.5 Å². The lowest BCUT2D eigenvalue weighted by molar-refractivity contribution is -0.148. The first-order valence-electron chi connectivity index (χ1n) is 15.4. The van der Waals surface area contributed by atoms with E-state index in [9.17, 15) is 24.3 Å². The van der Waals surface area contributed by atoms with E-state index < -0.39 is 41.6 Å². The fourth-order valence-corrected chi connectivity index (χ4v) is 6.83. The number of rotatable bonds is 17. The zero-order chi connectivity index (χ0) is 31.0. The molecule has 3 aliphatic rings. The molecule has 10 heteroatoms. The molecular formula is C33H45N3O7. The average molecular weight is 596 g/mol. The minimum atomic E-state index is -1.12. The van der Waals surface area contributed by atoms with Crippen LogP contribution in [0.4, 0.5) is 0 Å². The third-order valence-corrected chi connectivity index (χ3v) is 8.82. The number of benzene rings is 1. The maximum absolute atomic E-state index is 14.1. The highest BCUT2D eigenvalue weighted by molar-refractivity contribution is 5.99. The molecule has 0 saturated carbocycles. The molecule has 1 spiro atoms. The van der Waals surface area contributed by atoms with E-state index in [2.05, 4.69) is 18.5 Å². The Morgan fingerprint density at radius 3 is 2.67 bits per heavy atom. The van der Waals surface area contributed by atoms with Crippen molar-refractivity contribution in [1.29, 1.82) is 0 Å². The summed E-state index contributed by atoms with van der Waals surface area (Å²) in [5.41, 5.74) is -0.362. The molecule has 43 heavy (non-hydrogen) atoms. The highest BCUT2D eigenvalue weighted by atomic mass is 16.5. The lowest BCUT2D eigenvalue weighted by atomic mass is 9.70. The van der Waals surface area contributed by atoms with Gasteiger partial charge in [-0.25, -0.2) is 0 Å². The van der Waals surface area contributed by atoms with Gasteiger partial charge >= 0.3 is 5.97 Å². The van der Waals surface area contributed by atoms with Gasteiger partial charge in [0.2, 0.25) is 17.7 Å². The van der Waals surface area contributed by atoms with Crippen molar-refractivity contribution >= 4 is 23.7 Å². The molecule has 1 aromatic carbocycles. The first kappa shape index (κ1) is 32.4. The molecule has 0 aromatic heterocycles. The number of aliphatic hydroxyl groups is 1. The molecule has 3 saturated heterocycles. The molecule has 2 bridgehead atoms. The SMILES string of the molecule is C=CCCC(=O)OC[C@@H](NC(=O)[C@@H]1[C@H]2C(=O)N(CCCO)[C@H](C(=O)N(CC=C)CCCC)[C@]23CC[C@H]1O3)c1ccccc1. The van der Waals surface area contributed by atoms with Gasteiger partial charge in [0.05, 0.1) is 24.0 Å². The molecule has 3 fully saturated rings. The van der Waals surface area contributed by atoms with Crippen LogP contribution in [0, 0.1) is 11.8 Å². The summed E-state index contributed by atoms with van der Waals surface area (Å²) in [7, 11) is 0. The highest BCUT2D eigenvalue weighted by Gasteiger charge is 2.74. The molecule has 4 rings (SSSR count). The number of hydrogen-bond donors (Lipinski definition) is 2. The Balaban J connectivity index is 1.61. The number of aliphatic hydroxyl groups excluding tert-OH is 1. The standard InChI is InChI=1S/C33H45N3O7/c1-4-7-15-26(38)42-22-24(23-13-10-9-11-14-23)34-30(39)27-25-16-17-33(43-25)28(27)31(40)36(20-12-21-37)29(33)32(41)35(18-6-3)19-8-5-2/h4,6,9-11,13-14,24-25,27-29,37H,1,3,5,7-8,12,15-22H2,2H3,(H,34,39)/t24-,25-,27+,28+,29-,33+/m1/s1. The van der Waals surface area contributed by atoms with Crippen molar-refractivity contribution in [3.8, 4) is 0 Å². The fraction of sp³-hybridized carbons (Fsp3) is 0.576. The third kappa shape index (κ3) is 6.70. The molecule has 3 aliphatic heterocycles. The van der Waals surface area contributed by atoms with E-state index in [0.29, 0.717) is 38.8 Å². The van der Waals surface area contributed by atoms with E-state index in [1.807, 2.05) is 37.3 Å². The maximum atomic E-state index is 14.1. The van der Waals surface area contributed by atoms with Gasteiger partial charge in [-0.15, -0.1) is 13.2 Å². The van der Waals surface area contributed by atoms with Crippen molar-refractivity contribution in [2.75, 3.05) is 32.8 Å². The molecule has 234 valence electrons. The molecular weight excluding hydrogens is 550 g/mol. The van der Waals surface area contributed by atoms with Crippen LogP contribution in [0.2, 0.25) is 0 Å². The summed E-state index contributed by atoms with van der Waals surface area (Å²) in [6, 6.07) is 7.72. The van der Waals surface area contributed by atoms with Gasteiger partial charge in [0.15, 0.2) is 0 Å². The third-order valence-electron chi connectivity index (χ3n) is 8.82. The molecule has 10 nitrogen and oxygen atoms in total. The number of esters is 1. The van der Waals surface area contributed by atoms with E-state index >= 15 is 0 Å². The predicted molar refractivity (Wildman–Crippen MR) is 160 cm³/mol. The predicted octanol–water partition coefficient (Wildman–Crippen LogP) is 2.93. The topological polar surface area (TPSA) is 125 Å². The number of nitrogens with zero attached hydrogens (tertiary/aromatic N) is 2. The number of allylic oxidation sites excluding steroid dienone is 1. The number of carbonyl (C=O) groups is 4. The van der Waals surface area contributed by atoms with Gasteiger partial charge in [-0.2, -0.15) is 0 Å². The number of amides is 3. The Morgan fingerprint density at radius 1 is 1.23 bits per heavy atom. The van der Waals surface area contributed by atoms with E-state index in [-0.39, 0.29) is 43.9 Å². The monoisotopic (exact) mass is 595 g/mol. The van der Waals surface area contributed by atoms with Crippen molar-refractivity contribution < 1.29 is 33.8 Å². The van der Waals surface area contributed by atoms with E-state index in [4.69, 9.17) is 9.47 Å². The van der Waals surface area contributed by atoms with Crippen LogP contribution >= 0.6 is 0 Å². The maximum Gasteiger partial charge on any atom is 0.306 e. The van der Waals surface area contributed by atoms with E-state index in [0.717, 1.165) is 18.4 Å². The zero-order valence-corrected chi connectivity index (χ0v) is 25.1. The van der Waals surface area contributed by atoms with Crippen molar-refractivity contribution in [3.63, 3.8) is 0 Å². The van der Waals surface area contributed by atoms with Crippen molar-refractivity contribution in [2.45, 2.75) is 75.7 Å². The van der Waals surface area contributed by atoms with Crippen LogP contribution in [0.3, 0.4) is 0 Å². The molecule has 0 aliphatic carbocycles. The van der Waals surface area contributed by atoms with Gasteiger partial charge < -0.3 is 29.7 Å². The number of carbonyl (C=O) groups excluding carboxylic acids is 4. The minimum Gasteiger partial charge on any atom is -0.463 e. The van der Waals surface area contributed by atoms with Crippen molar-refractivity contribution in [1.82, 2.24) is 15.1 Å². The molecule has 6 atom stereocenters. The second-order valence-electron chi connectivity index (χ2n) is 11.6. The van der Waals surface area contributed by atoms with Crippen LogP contribution in [-0.2, 0) is 28.7 Å². The van der Waals surface area contributed by atoms with Gasteiger partial charge in [-0.1, -0.05) is 55.8 Å². The Labute approximate surface area is 254 Å². The van der Waals surface area contributed by atoms with E-state index in [1.165, 1.54) is 4.90 Å². The second-order valence-corrected chi connectivity index (χ2v) is 11.6. The summed E-state index contributed by atoms with van der Waals surface area (Å²) < 4.78 is 12.0. The Morgan fingerprint density at radius 2 is 2.00 bits per heavy atom. The quantitative estimate of drug-likeness (QED) is 0.210. The summed E-state index contributed by atoms with van der Waals surface area (Å²) in [4.78, 5) is 57.8. The van der Waals surface area contributed by atoms with Crippen molar-refractivity contribution in [3.05, 3.63) is 61.2 Å². The molecule has 3 amide bonds. The lowest BCUT2D eigenvalue weighted by Crippen LogP contribution is -2.56. The number of ether oxygens (including phenoxy) is 2. The molecule has 0 radical (unpaired) electrons. The van der Waals surface area contributed by atoms with Gasteiger partial charge in [0.25, 0.3) is 0 Å².